The lowest BCUT2D eigenvalue weighted by Gasteiger charge is -2.19. The summed E-state index contributed by atoms with van der Waals surface area (Å²) in [5.41, 5.74) is 2.75. The first-order valence-corrected chi connectivity index (χ1v) is 3.94. The van der Waals surface area contributed by atoms with Crippen LogP contribution in [0.15, 0.2) is 23.5 Å². The maximum absolute atomic E-state index is 3.38. The molecule has 1 fully saturated rings. The van der Waals surface area contributed by atoms with Gasteiger partial charge in [0.1, 0.15) is 0 Å². The van der Waals surface area contributed by atoms with Crippen molar-refractivity contribution in [1.29, 1.82) is 0 Å². The highest BCUT2D eigenvalue weighted by Crippen LogP contribution is 2.17. The molecule has 0 aromatic carbocycles. The van der Waals surface area contributed by atoms with Gasteiger partial charge in [-0.1, -0.05) is 12.2 Å². The van der Waals surface area contributed by atoms with Crippen LogP contribution < -0.4 is 5.32 Å². The quantitative estimate of drug-likeness (QED) is 0.541. The predicted octanol–water partition coefficient (Wildman–Crippen LogP) is 2.57. The number of allylic oxidation sites excluding steroid dienone is 4. The number of nitrogens with one attached hydrogen (secondary N) is 1. The van der Waals surface area contributed by atoms with Crippen LogP contribution in [0.1, 0.15) is 33.1 Å². The number of piperidine rings is 1. The van der Waals surface area contributed by atoms with E-state index in [0.29, 0.717) is 0 Å². The van der Waals surface area contributed by atoms with Gasteiger partial charge >= 0.3 is 0 Å². The molecular formula is C9H15N. The zero-order valence-electron chi connectivity index (χ0n) is 6.78. The fourth-order valence-electron chi connectivity index (χ4n) is 1.23. The minimum absolute atomic E-state index is 1.22. The maximum atomic E-state index is 3.38. The Morgan fingerprint density at radius 3 is 2.00 bits per heavy atom. The summed E-state index contributed by atoms with van der Waals surface area (Å²) >= 11 is 0. The van der Waals surface area contributed by atoms with Gasteiger partial charge in [-0.05, 0) is 33.1 Å². The van der Waals surface area contributed by atoms with E-state index in [2.05, 4.69) is 31.3 Å². The van der Waals surface area contributed by atoms with E-state index in [1.165, 1.54) is 30.7 Å². The highest BCUT2D eigenvalue weighted by Gasteiger charge is 2.05. The monoisotopic (exact) mass is 137 g/mol. The van der Waals surface area contributed by atoms with Crippen LogP contribution in [0.2, 0.25) is 0 Å². The highest BCUT2D eigenvalue weighted by molar-refractivity contribution is 5.14. The van der Waals surface area contributed by atoms with E-state index in [-0.39, 0.29) is 0 Å². The smallest absolute Gasteiger partial charge is 0.0105 e. The average molecular weight is 137 g/mol. The third-order valence-corrected chi connectivity index (χ3v) is 1.91. The molecule has 10 heavy (non-hydrogen) atoms. The second-order valence-electron chi connectivity index (χ2n) is 2.61. The standard InChI is InChI=1S/C9H15N/c1-3-8-6-5-7-9(4-2)10-8/h3-4,10H,5-7H2,1-2H3/b8-3+,9-4+. The Labute approximate surface area is 62.8 Å². The Kier molecular flexibility index (Phi) is 2.55. The lowest BCUT2D eigenvalue weighted by molar-refractivity contribution is 0.660. The molecule has 0 radical (unpaired) electrons. The fraction of sp³-hybridized carbons (Fsp3) is 0.556. The van der Waals surface area contributed by atoms with Gasteiger partial charge in [0.15, 0.2) is 0 Å². The zero-order valence-corrected chi connectivity index (χ0v) is 6.78. The van der Waals surface area contributed by atoms with Crippen molar-refractivity contribution >= 4 is 0 Å². The maximum Gasteiger partial charge on any atom is 0.0105 e. The second-order valence-corrected chi connectivity index (χ2v) is 2.61. The number of hydrogen-bond donors (Lipinski definition) is 1. The average Bonchev–Trinajstić information content (AvgIpc) is 2.05. The first-order chi connectivity index (χ1) is 4.86. The van der Waals surface area contributed by atoms with Crippen LogP contribution in [0.4, 0.5) is 0 Å². The largest absolute Gasteiger partial charge is 0.363 e. The van der Waals surface area contributed by atoms with Gasteiger partial charge in [0.25, 0.3) is 0 Å². The van der Waals surface area contributed by atoms with E-state index < -0.39 is 0 Å². The Bertz CT molecular complexity index is 148. The van der Waals surface area contributed by atoms with Crippen molar-refractivity contribution in [2.75, 3.05) is 0 Å². The molecule has 0 aromatic heterocycles. The van der Waals surface area contributed by atoms with E-state index in [9.17, 15) is 0 Å². The van der Waals surface area contributed by atoms with Crippen LogP contribution in [0.25, 0.3) is 0 Å². The van der Waals surface area contributed by atoms with Crippen molar-refractivity contribution in [2.24, 2.45) is 0 Å². The van der Waals surface area contributed by atoms with Gasteiger partial charge in [-0.25, -0.2) is 0 Å². The first-order valence-electron chi connectivity index (χ1n) is 3.94. The summed E-state index contributed by atoms with van der Waals surface area (Å²) in [6.45, 7) is 4.17. The van der Waals surface area contributed by atoms with Gasteiger partial charge in [-0.2, -0.15) is 0 Å². The second kappa shape index (κ2) is 3.45. The topological polar surface area (TPSA) is 12.0 Å². The summed E-state index contributed by atoms with van der Waals surface area (Å²) < 4.78 is 0. The summed E-state index contributed by atoms with van der Waals surface area (Å²) in [6.07, 6.45) is 8.04. The van der Waals surface area contributed by atoms with Crippen molar-refractivity contribution in [3.63, 3.8) is 0 Å². The van der Waals surface area contributed by atoms with Gasteiger partial charge in [0.05, 0.1) is 0 Å². The van der Waals surface area contributed by atoms with E-state index in [4.69, 9.17) is 0 Å². The molecule has 0 aliphatic carbocycles. The minimum atomic E-state index is 1.22. The molecule has 0 saturated carbocycles. The molecular weight excluding hydrogens is 122 g/mol. The SMILES string of the molecule is C/C=C1\CCC/C(=C\C)N1. The van der Waals surface area contributed by atoms with Gasteiger partial charge in [0, 0.05) is 11.4 Å². The lowest BCUT2D eigenvalue weighted by Crippen LogP contribution is -2.17. The molecule has 1 aliphatic heterocycles. The van der Waals surface area contributed by atoms with E-state index >= 15 is 0 Å². The molecule has 1 nitrogen and oxygen atoms in total. The van der Waals surface area contributed by atoms with Crippen LogP contribution in [-0.4, -0.2) is 0 Å². The van der Waals surface area contributed by atoms with E-state index in [1.54, 1.807) is 0 Å². The van der Waals surface area contributed by atoms with Gasteiger partial charge < -0.3 is 5.32 Å². The Hall–Kier alpha value is -0.720. The van der Waals surface area contributed by atoms with Crippen molar-refractivity contribution < 1.29 is 0 Å². The van der Waals surface area contributed by atoms with Crippen LogP contribution in [-0.2, 0) is 0 Å². The summed E-state index contributed by atoms with van der Waals surface area (Å²) in [6, 6.07) is 0. The van der Waals surface area contributed by atoms with Crippen LogP contribution in [0, 0.1) is 0 Å². The molecule has 0 bridgehead atoms. The van der Waals surface area contributed by atoms with Gasteiger partial charge in [-0.15, -0.1) is 0 Å². The van der Waals surface area contributed by atoms with Crippen molar-refractivity contribution in [1.82, 2.24) is 5.32 Å². The minimum Gasteiger partial charge on any atom is -0.363 e. The Morgan fingerprint density at radius 2 is 1.60 bits per heavy atom. The van der Waals surface area contributed by atoms with Crippen LogP contribution in [0.3, 0.4) is 0 Å². The van der Waals surface area contributed by atoms with Gasteiger partial charge in [0.2, 0.25) is 0 Å². The fourth-order valence-corrected chi connectivity index (χ4v) is 1.23. The molecule has 1 N–H and O–H groups in total. The molecule has 1 rings (SSSR count). The predicted molar refractivity (Wildman–Crippen MR) is 44.5 cm³/mol. The van der Waals surface area contributed by atoms with Crippen molar-refractivity contribution in [2.45, 2.75) is 33.1 Å². The lowest BCUT2D eigenvalue weighted by atomic mass is 10.1. The molecule has 0 amide bonds. The van der Waals surface area contributed by atoms with Crippen LogP contribution in [0.5, 0.6) is 0 Å². The van der Waals surface area contributed by atoms with Crippen molar-refractivity contribution in [3.8, 4) is 0 Å². The van der Waals surface area contributed by atoms with Crippen molar-refractivity contribution in [3.05, 3.63) is 23.5 Å². The van der Waals surface area contributed by atoms with Crippen LogP contribution >= 0.6 is 0 Å². The summed E-state index contributed by atoms with van der Waals surface area (Å²) in [5, 5.41) is 3.38. The summed E-state index contributed by atoms with van der Waals surface area (Å²) in [5.74, 6) is 0. The normalized spacial score (nSPS) is 27.0. The molecule has 1 heterocycles. The number of hydrogen-bond acceptors (Lipinski definition) is 1. The van der Waals surface area contributed by atoms with E-state index in [0.717, 1.165) is 0 Å². The third-order valence-electron chi connectivity index (χ3n) is 1.91. The molecule has 1 heteroatoms. The first kappa shape index (κ1) is 7.39. The highest BCUT2D eigenvalue weighted by atomic mass is 14.9. The molecule has 0 unspecified atom stereocenters. The Morgan fingerprint density at radius 1 is 1.10 bits per heavy atom. The molecule has 0 aromatic rings. The molecule has 0 spiro atoms. The summed E-state index contributed by atoms with van der Waals surface area (Å²) in [7, 11) is 0. The zero-order chi connectivity index (χ0) is 7.40. The summed E-state index contributed by atoms with van der Waals surface area (Å²) in [4.78, 5) is 0. The van der Waals surface area contributed by atoms with Gasteiger partial charge in [-0.3, -0.25) is 0 Å². The number of rotatable bonds is 0. The Balaban J connectivity index is 2.56. The molecule has 1 aliphatic rings. The molecule has 0 atom stereocenters. The third kappa shape index (κ3) is 1.63. The van der Waals surface area contributed by atoms with E-state index in [1.807, 2.05) is 0 Å². The molecule has 56 valence electrons. The molecule has 1 saturated heterocycles.